The average Bonchev–Trinajstić information content (AvgIpc) is 2.71. The lowest BCUT2D eigenvalue weighted by molar-refractivity contribution is 0.400. The molecular formula is C12H21N5S. The Morgan fingerprint density at radius 3 is 2.67 bits per heavy atom. The Morgan fingerprint density at radius 1 is 1.50 bits per heavy atom. The standard InChI is InChI=1S/C12H21N5S/c1-5-12(9-13,14-3)7-6-8-18-11-16-15-10(2)17(11)4/h14H,5-8H2,1-4H3. The van der Waals surface area contributed by atoms with Crippen LogP contribution in [0.25, 0.3) is 0 Å². The minimum absolute atomic E-state index is 0.379. The molecule has 0 spiro atoms. The summed E-state index contributed by atoms with van der Waals surface area (Å²) in [4.78, 5) is 0. The molecule has 1 rings (SSSR count). The summed E-state index contributed by atoms with van der Waals surface area (Å²) in [6.07, 6.45) is 2.67. The lowest BCUT2D eigenvalue weighted by Gasteiger charge is -2.24. The minimum Gasteiger partial charge on any atom is -0.309 e. The van der Waals surface area contributed by atoms with Gasteiger partial charge >= 0.3 is 0 Å². The number of aryl methyl sites for hydroxylation is 1. The van der Waals surface area contributed by atoms with E-state index >= 15 is 0 Å². The lowest BCUT2D eigenvalue weighted by atomic mass is 9.93. The average molecular weight is 267 g/mol. The van der Waals surface area contributed by atoms with Gasteiger partial charge < -0.3 is 9.88 Å². The van der Waals surface area contributed by atoms with E-state index in [1.165, 1.54) is 0 Å². The lowest BCUT2D eigenvalue weighted by Crippen LogP contribution is -2.40. The van der Waals surface area contributed by atoms with Crippen molar-refractivity contribution in [3.8, 4) is 6.07 Å². The van der Waals surface area contributed by atoms with Crippen molar-refractivity contribution < 1.29 is 0 Å². The van der Waals surface area contributed by atoms with Gasteiger partial charge in [0.1, 0.15) is 11.4 Å². The highest BCUT2D eigenvalue weighted by atomic mass is 32.2. The summed E-state index contributed by atoms with van der Waals surface area (Å²) in [5, 5.41) is 21.4. The van der Waals surface area contributed by atoms with E-state index in [1.54, 1.807) is 11.8 Å². The number of nitriles is 1. The summed E-state index contributed by atoms with van der Waals surface area (Å²) in [6.45, 7) is 3.98. The Morgan fingerprint density at radius 2 is 2.22 bits per heavy atom. The van der Waals surface area contributed by atoms with Crippen LogP contribution in [-0.4, -0.2) is 33.1 Å². The number of nitrogens with zero attached hydrogens (tertiary/aromatic N) is 4. The first kappa shape index (κ1) is 15.0. The number of thioether (sulfide) groups is 1. The van der Waals surface area contributed by atoms with Gasteiger partial charge in [0.25, 0.3) is 0 Å². The highest BCUT2D eigenvalue weighted by Crippen LogP contribution is 2.21. The summed E-state index contributed by atoms with van der Waals surface area (Å²) in [7, 11) is 3.82. The molecule has 0 aromatic carbocycles. The zero-order valence-electron chi connectivity index (χ0n) is 11.5. The largest absolute Gasteiger partial charge is 0.309 e. The molecule has 1 aromatic heterocycles. The number of rotatable bonds is 7. The van der Waals surface area contributed by atoms with Crippen LogP contribution in [0, 0.1) is 18.3 Å². The van der Waals surface area contributed by atoms with E-state index in [-0.39, 0.29) is 5.54 Å². The predicted molar refractivity (Wildman–Crippen MR) is 73.4 cm³/mol. The molecule has 0 radical (unpaired) electrons. The van der Waals surface area contributed by atoms with Gasteiger partial charge in [-0.15, -0.1) is 10.2 Å². The molecule has 0 saturated heterocycles. The molecular weight excluding hydrogens is 246 g/mol. The molecule has 0 saturated carbocycles. The molecule has 6 heteroatoms. The molecule has 1 N–H and O–H groups in total. The van der Waals surface area contributed by atoms with Crippen molar-refractivity contribution in [3.63, 3.8) is 0 Å². The molecule has 0 aliphatic heterocycles. The number of hydrogen-bond acceptors (Lipinski definition) is 5. The Balaban J connectivity index is 2.39. The van der Waals surface area contributed by atoms with Gasteiger partial charge in [0, 0.05) is 12.8 Å². The van der Waals surface area contributed by atoms with Gasteiger partial charge in [-0.05, 0) is 33.2 Å². The maximum absolute atomic E-state index is 9.19. The SMILES string of the molecule is CCC(C#N)(CCCSc1nnc(C)n1C)NC. The van der Waals surface area contributed by atoms with Crippen LogP contribution in [0.4, 0.5) is 0 Å². The van der Waals surface area contributed by atoms with E-state index in [1.807, 2.05) is 32.5 Å². The smallest absolute Gasteiger partial charge is 0.190 e. The van der Waals surface area contributed by atoms with Crippen molar-refractivity contribution >= 4 is 11.8 Å². The molecule has 0 aliphatic carbocycles. The summed E-state index contributed by atoms with van der Waals surface area (Å²) < 4.78 is 1.99. The van der Waals surface area contributed by atoms with Crippen LogP contribution in [0.5, 0.6) is 0 Å². The van der Waals surface area contributed by atoms with Crippen LogP contribution in [0.15, 0.2) is 5.16 Å². The van der Waals surface area contributed by atoms with E-state index in [4.69, 9.17) is 0 Å². The second-order valence-electron chi connectivity index (χ2n) is 4.34. The molecule has 1 atom stereocenters. The van der Waals surface area contributed by atoms with Gasteiger partial charge in [0.2, 0.25) is 0 Å². The minimum atomic E-state index is -0.379. The van der Waals surface area contributed by atoms with E-state index in [9.17, 15) is 5.26 Å². The van der Waals surface area contributed by atoms with Crippen molar-refractivity contribution in [2.24, 2.45) is 7.05 Å². The third-order valence-electron chi connectivity index (χ3n) is 3.33. The summed E-state index contributed by atoms with van der Waals surface area (Å²) in [6, 6.07) is 2.38. The van der Waals surface area contributed by atoms with Crippen LogP contribution in [0.2, 0.25) is 0 Å². The van der Waals surface area contributed by atoms with Gasteiger partial charge in [-0.1, -0.05) is 18.7 Å². The fraction of sp³-hybridized carbons (Fsp3) is 0.750. The number of hydrogen-bond donors (Lipinski definition) is 1. The summed E-state index contributed by atoms with van der Waals surface area (Å²) in [5.41, 5.74) is -0.379. The topological polar surface area (TPSA) is 66.5 Å². The molecule has 5 nitrogen and oxygen atoms in total. The van der Waals surface area contributed by atoms with Gasteiger partial charge in [-0.2, -0.15) is 5.26 Å². The van der Waals surface area contributed by atoms with Crippen molar-refractivity contribution in [1.29, 1.82) is 5.26 Å². The van der Waals surface area contributed by atoms with Crippen LogP contribution >= 0.6 is 11.8 Å². The molecule has 100 valence electrons. The molecule has 0 fully saturated rings. The van der Waals surface area contributed by atoms with Crippen LogP contribution in [0.3, 0.4) is 0 Å². The molecule has 0 amide bonds. The molecule has 0 bridgehead atoms. The Bertz CT molecular complexity index is 417. The molecule has 1 aromatic rings. The fourth-order valence-electron chi connectivity index (χ4n) is 1.72. The van der Waals surface area contributed by atoms with Crippen LogP contribution in [0.1, 0.15) is 32.0 Å². The van der Waals surface area contributed by atoms with E-state index in [2.05, 4.69) is 21.6 Å². The Labute approximate surface area is 113 Å². The zero-order valence-corrected chi connectivity index (χ0v) is 12.3. The summed E-state index contributed by atoms with van der Waals surface area (Å²) >= 11 is 1.69. The highest BCUT2D eigenvalue weighted by molar-refractivity contribution is 7.99. The third-order valence-corrected chi connectivity index (χ3v) is 4.43. The maximum atomic E-state index is 9.19. The van der Waals surface area contributed by atoms with Gasteiger partial charge in [-0.3, -0.25) is 0 Å². The van der Waals surface area contributed by atoms with Crippen LogP contribution < -0.4 is 5.32 Å². The monoisotopic (exact) mass is 267 g/mol. The molecule has 1 heterocycles. The quantitative estimate of drug-likeness (QED) is 0.603. The van der Waals surface area contributed by atoms with Crippen molar-refractivity contribution in [2.45, 2.75) is 43.8 Å². The van der Waals surface area contributed by atoms with Crippen LogP contribution in [-0.2, 0) is 7.05 Å². The van der Waals surface area contributed by atoms with Gasteiger partial charge in [-0.25, -0.2) is 0 Å². The molecule has 0 aliphatic rings. The summed E-state index contributed by atoms with van der Waals surface area (Å²) in [5.74, 6) is 1.88. The first-order valence-electron chi connectivity index (χ1n) is 6.17. The molecule has 1 unspecified atom stereocenters. The van der Waals surface area contributed by atoms with Crippen molar-refractivity contribution in [3.05, 3.63) is 5.82 Å². The molecule has 18 heavy (non-hydrogen) atoms. The van der Waals surface area contributed by atoms with E-state index in [0.717, 1.165) is 36.0 Å². The predicted octanol–water partition coefficient (Wildman–Crippen LogP) is 1.89. The normalized spacial score (nSPS) is 14.2. The van der Waals surface area contributed by atoms with E-state index < -0.39 is 0 Å². The first-order chi connectivity index (χ1) is 8.58. The van der Waals surface area contributed by atoms with Gasteiger partial charge in [0.15, 0.2) is 5.16 Å². The Kier molecular flexibility index (Phi) is 5.63. The Hall–Kier alpha value is -1.06. The maximum Gasteiger partial charge on any atom is 0.190 e. The van der Waals surface area contributed by atoms with E-state index in [0.29, 0.717) is 0 Å². The first-order valence-corrected chi connectivity index (χ1v) is 7.16. The van der Waals surface area contributed by atoms with Crippen molar-refractivity contribution in [1.82, 2.24) is 20.1 Å². The van der Waals surface area contributed by atoms with Gasteiger partial charge in [0.05, 0.1) is 6.07 Å². The second-order valence-corrected chi connectivity index (χ2v) is 5.40. The highest BCUT2D eigenvalue weighted by Gasteiger charge is 2.24. The number of aromatic nitrogens is 3. The fourth-order valence-corrected chi connectivity index (χ4v) is 2.62. The van der Waals surface area contributed by atoms with Crippen molar-refractivity contribution in [2.75, 3.05) is 12.8 Å². The second kappa shape index (κ2) is 6.76. The third kappa shape index (κ3) is 3.47. The zero-order chi connectivity index (χ0) is 13.6. The number of nitrogens with one attached hydrogen (secondary N) is 1.